The molecule has 2 aliphatic rings. The van der Waals surface area contributed by atoms with Crippen LogP contribution in [0.3, 0.4) is 0 Å². The fraction of sp³-hybridized carbons (Fsp3) is 0.529. The summed E-state index contributed by atoms with van der Waals surface area (Å²) in [6.45, 7) is 5.65. The van der Waals surface area contributed by atoms with Crippen molar-refractivity contribution in [2.24, 2.45) is 0 Å². The van der Waals surface area contributed by atoms with Gasteiger partial charge >= 0.3 is 6.03 Å². The normalized spacial score (nSPS) is 20.8. The van der Waals surface area contributed by atoms with Crippen molar-refractivity contribution in [2.45, 2.75) is 6.04 Å². The van der Waals surface area contributed by atoms with Gasteiger partial charge in [-0.15, -0.1) is 0 Å². The predicted molar refractivity (Wildman–Crippen MR) is 87.8 cm³/mol. The molecule has 1 atom stereocenters. The Bertz CT molecular complexity index is 599. The molecule has 0 spiro atoms. The monoisotopic (exact) mass is 330 g/mol. The minimum Gasteiger partial charge on any atom is -0.492 e. The number of carbonyl (C=O) groups excluding carboxylic acids is 1. The van der Waals surface area contributed by atoms with Crippen molar-refractivity contribution in [1.29, 1.82) is 5.26 Å². The number of nitrogens with one attached hydrogen (secondary N) is 1. The third-order valence-corrected chi connectivity index (χ3v) is 4.36. The Morgan fingerprint density at radius 1 is 1.33 bits per heavy atom. The van der Waals surface area contributed by atoms with Gasteiger partial charge in [0.2, 0.25) is 0 Å². The lowest BCUT2D eigenvalue weighted by Gasteiger charge is -2.43. The maximum Gasteiger partial charge on any atom is 0.317 e. The van der Waals surface area contributed by atoms with E-state index < -0.39 is 0 Å². The maximum absolute atomic E-state index is 12.2. The first-order valence-electron chi connectivity index (χ1n) is 8.24. The van der Waals surface area contributed by atoms with Crippen molar-refractivity contribution >= 4 is 6.03 Å². The Morgan fingerprint density at radius 3 is 2.96 bits per heavy atom. The number of rotatable bonds is 4. The molecule has 128 valence electrons. The Kier molecular flexibility index (Phi) is 5.51. The minimum atomic E-state index is -0.0522. The fourth-order valence-corrected chi connectivity index (χ4v) is 3.00. The summed E-state index contributed by atoms with van der Waals surface area (Å²) in [6.07, 6.45) is 0. The molecule has 0 bridgehead atoms. The Labute approximate surface area is 141 Å². The van der Waals surface area contributed by atoms with Crippen LogP contribution >= 0.6 is 0 Å². The van der Waals surface area contributed by atoms with E-state index in [-0.39, 0.29) is 6.03 Å². The van der Waals surface area contributed by atoms with Gasteiger partial charge in [0.15, 0.2) is 0 Å². The van der Waals surface area contributed by atoms with Gasteiger partial charge < -0.3 is 19.7 Å². The molecule has 2 fully saturated rings. The smallest absolute Gasteiger partial charge is 0.317 e. The SMILES string of the molecule is N#Cc1ccc(OCCNC(=O)N2CCN3CCOC[C@H]3C2)cc1. The van der Waals surface area contributed by atoms with Crippen LogP contribution in [0.4, 0.5) is 4.79 Å². The van der Waals surface area contributed by atoms with E-state index in [0.29, 0.717) is 43.7 Å². The van der Waals surface area contributed by atoms with E-state index in [1.54, 1.807) is 24.3 Å². The van der Waals surface area contributed by atoms with E-state index in [2.05, 4.69) is 16.3 Å². The number of nitriles is 1. The highest BCUT2D eigenvalue weighted by Crippen LogP contribution is 2.14. The summed E-state index contributed by atoms with van der Waals surface area (Å²) in [5, 5.41) is 11.6. The second-order valence-corrected chi connectivity index (χ2v) is 5.93. The molecule has 2 heterocycles. The Hall–Kier alpha value is -2.30. The maximum atomic E-state index is 12.2. The van der Waals surface area contributed by atoms with Crippen molar-refractivity contribution in [2.75, 3.05) is 52.5 Å². The molecule has 0 saturated carbocycles. The summed E-state index contributed by atoms with van der Waals surface area (Å²) in [5.74, 6) is 0.691. The van der Waals surface area contributed by atoms with E-state index in [1.165, 1.54) is 0 Å². The van der Waals surface area contributed by atoms with Crippen LogP contribution in [0.2, 0.25) is 0 Å². The number of piperazine rings is 1. The van der Waals surface area contributed by atoms with Crippen molar-refractivity contribution in [3.63, 3.8) is 0 Å². The van der Waals surface area contributed by atoms with Crippen molar-refractivity contribution in [3.05, 3.63) is 29.8 Å². The number of morpholine rings is 1. The molecule has 0 radical (unpaired) electrons. The van der Waals surface area contributed by atoms with Gasteiger partial charge in [-0.1, -0.05) is 0 Å². The zero-order valence-electron chi connectivity index (χ0n) is 13.6. The van der Waals surface area contributed by atoms with Gasteiger partial charge in [0.1, 0.15) is 12.4 Å². The summed E-state index contributed by atoms with van der Waals surface area (Å²) in [5.41, 5.74) is 0.599. The quantitative estimate of drug-likeness (QED) is 0.821. The predicted octanol–water partition coefficient (Wildman–Crippen LogP) is 0.663. The molecule has 1 aromatic rings. The number of hydrogen-bond donors (Lipinski definition) is 1. The molecular weight excluding hydrogens is 308 g/mol. The number of nitrogens with zero attached hydrogens (tertiary/aromatic N) is 3. The largest absolute Gasteiger partial charge is 0.492 e. The van der Waals surface area contributed by atoms with E-state index in [9.17, 15) is 4.79 Å². The third kappa shape index (κ3) is 4.16. The third-order valence-electron chi connectivity index (χ3n) is 4.36. The molecule has 1 N–H and O–H groups in total. The van der Waals surface area contributed by atoms with E-state index in [4.69, 9.17) is 14.7 Å². The molecule has 0 aliphatic carbocycles. The van der Waals surface area contributed by atoms with Gasteiger partial charge in [0.25, 0.3) is 0 Å². The molecular formula is C17H22N4O3. The van der Waals surface area contributed by atoms with E-state index in [1.807, 2.05) is 4.90 Å². The molecule has 2 saturated heterocycles. The lowest BCUT2D eigenvalue weighted by Crippen LogP contribution is -2.60. The summed E-state index contributed by atoms with van der Waals surface area (Å²) in [4.78, 5) is 16.5. The summed E-state index contributed by atoms with van der Waals surface area (Å²) in [7, 11) is 0. The fourth-order valence-electron chi connectivity index (χ4n) is 3.00. The zero-order chi connectivity index (χ0) is 16.8. The second kappa shape index (κ2) is 7.99. The van der Waals surface area contributed by atoms with Crippen molar-refractivity contribution in [3.8, 4) is 11.8 Å². The van der Waals surface area contributed by atoms with Gasteiger partial charge in [-0.05, 0) is 24.3 Å². The van der Waals surface area contributed by atoms with Crippen LogP contribution in [-0.4, -0.2) is 74.4 Å². The minimum absolute atomic E-state index is 0.0522. The molecule has 2 aliphatic heterocycles. The zero-order valence-corrected chi connectivity index (χ0v) is 13.6. The first kappa shape index (κ1) is 16.6. The topological polar surface area (TPSA) is 77.8 Å². The molecule has 0 unspecified atom stereocenters. The number of ether oxygens (including phenoxy) is 2. The van der Waals surface area contributed by atoms with Gasteiger partial charge in [-0.25, -0.2) is 4.79 Å². The highest BCUT2D eigenvalue weighted by Gasteiger charge is 2.31. The van der Waals surface area contributed by atoms with Crippen LogP contribution in [0, 0.1) is 11.3 Å². The number of amides is 2. The molecule has 2 amide bonds. The lowest BCUT2D eigenvalue weighted by atomic mass is 10.1. The highest BCUT2D eigenvalue weighted by atomic mass is 16.5. The summed E-state index contributed by atoms with van der Waals surface area (Å²) in [6, 6.07) is 9.24. The van der Waals surface area contributed by atoms with Crippen LogP contribution < -0.4 is 10.1 Å². The Morgan fingerprint density at radius 2 is 2.17 bits per heavy atom. The van der Waals surface area contributed by atoms with Crippen LogP contribution in [0.5, 0.6) is 5.75 Å². The molecule has 1 aromatic carbocycles. The van der Waals surface area contributed by atoms with Gasteiger partial charge in [-0.2, -0.15) is 5.26 Å². The van der Waals surface area contributed by atoms with Gasteiger partial charge in [-0.3, -0.25) is 4.90 Å². The second-order valence-electron chi connectivity index (χ2n) is 5.93. The molecule has 7 heteroatoms. The van der Waals surface area contributed by atoms with E-state index >= 15 is 0 Å². The van der Waals surface area contributed by atoms with Crippen molar-refractivity contribution in [1.82, 2.24) is 15.1 Å². The number of urea groups is 1. The van der Waals surface area contributed by atoms with Gasteiger partial charge in [0.05, 0.1) is 37.4 Å². The highest BCUT2D eigenvalue weighted by molar-refractivity contribution is 5.74. The average Bonchev–Trinajstić information content (AvgIpc) is 2.65. The summed E-state index contributed by atoms with van der Waals surface area (Å²) >= 11 is 0. The number of benzene rings is 1. The standard InChI is InChI=1S/C17H22N4O3/c18-11-14-1-3-16(4-2-14)24-9-5-19-17(22)21-7-6-20-8-10-23-13-15(20)12-21/h1-4,15H,5-10,12-13H2,(H,19,22)/t15-/m1/s1. The van der Waals surface area contributed by atoms with Crippen LogP contribution in [-0.2, 0) is 4.74 Å². The average molecular weight is 330 g/mol. The molecule has 7 nitrogen and oxygen atoms in total. The number of carbonyl (C=O) groups is 1. The summed E-state index contributed by atoms with van der Waals surface area (Å²) < 4.78 is 11.0. The Balaban J connectivity index is 1.37. The molecule has 24 heavy (non-hydrogen) atoms. The first-order valence-corrected chi connectivity index (χ1v) is 8.24. The van der Waals surface area contributed by atoms with Gasteiger partial charge in [0, 0.05) is 26.2 Å². The van der Waals surface area contributed by atoms with Crippen molar-refractivity contribution < 1.29 is 14.3 Å². The van der Waals surface area contributed by atoms with Crippen LogP contribution in [0.1, 0.15) is 5.56 Å². The number of fused-ring (bicyclic) bond motifs is 1. The van der Waals surface area contributed by atoms with Crippen LogP contribution in [0.25, 0.3) is 0 Å². The van der Waals surface area contributed by atoms with Crippen LogP contribution in [0.15, 0.2) is 24.3 Å². The molecule has 0 aromatic heterocycles. The number of hydrogen-bond acceptors (Lipinski definition) is 5. The molecule has 3 rings (SSSR count). The first-order chi connectivity index (χ1) is 11.8. The van der Waals surface area contributed by atoms with E-state index in [0.717, 1.165) is 26.2 Å². The lowest BCUT2D eigenvalue weighted by molar-refractivity contribution is -0.0365.